The van der Waals surface area contributed by atoms with E-state index in [-0.39, 0.29) is 24.0 Å². The van der Waals surface area contributed by atoms with Crippen molar-refractivity contribution in [1.29, 1.82) is 0 Å². The lowest BCUT2D eigenvalue weighted by atomic mass is 9.81. The Morgan fingerprint density at radius 2 is 0.867 bits per heavy atom. The van der Waals surface area contributed by atoms with E-state index in [1.54, 1.807) is 0 Å². The lowest BCUT2D eigenvalue weighted by molar-refractivity contribution is -0.382. The molecule has 0 saturated heterocycles. The van der Waals surface area contributed by atoms with Gasteiger partial charge in [-0.3, -0.25) is 4.55 Å². The molecule has 0 radical (unpaired) electrons. The van der Waals surface area contributed by atoms with Crippen molar-refractivity contribution in [3.8, 4) is 22.3 Å². The SMILES string of the molecule is I.O=S(=O)(O)C(F)(F)C(F)(F)C(F)(F)C(F)(F)F.c1ccc2c(c1)-c1ccccc1-2. The average Bonchev–Trinajstić information content (AvgIpc) is 2.58. The van der Waals surface area contributed by atoms with Gasteiger partial charge in [0.25, 0.3) is 0 Å². The number of hydrogen-bond acceptors (Lipinski definition) is 2. The van der Waals surface area contributed by atoms with Crippen molar-refractivity contribution >= 4 is 34.1 Å². The Hall–Kier alpha value is -1.55. The zero-order valence-corrected chi connectivity index (χ0v) is 17.2. The summed E-state index contributed by atoms with van der Waals surface area (Å²) in [6, 6.07) is 17.1. The highest BCUT2D eigenvalue weighted by Crippen LogP contribution is 2.54. The van der Waals surface area contributed by atoms with Crippen molar-refractivity contribution in [2.75, 3.05) is 0 Å². The van der Waals surface area contributed by atoms with Crippen LogP contribution in [0.25, 0.3) is 22.3 Å². The molecule has 0 heterocycles. The van der Waals surface area contributed by atoms with Gasteiger partial charge >= 0.3 is 33.4 Å². The van der Waals surface area contributed by atoms with Gasteiger partial charge in [0.1, 0.15) is 0 Å². The van der Waals surface area contributed by atoms with E-state index in [2.05, 4.69) is 48.5 Å². The molecule has 2 aromatic carbocycles. The highest BCUT2D eigenvalue weighted by atomic mass is 127. The van der Waals surface area contributed by atoms with E-state index in [1.165, 1.54) is 22.3 Å². The van der Waals surface area contributed by atoms with Crippen molar-refractivity contribution in [3.63, 3.8) is 0 Å². The molecule has 0 aromatic heterocycles. The molecule has 3 rings (SSSR count). The summed E-state index contributed by atoms with van der Waals surface area (Å²) >= 11 is 0. The standard InChI is InChI=1S/C12H8.C4HF9O3S.HI/c1-2-6-10-9(5-1)11-7-3-4-8-12(10)11;5-1(6,3(9,10)11)2(7,8)4(12,13)17(14,15)16;/h1-8H;(H,14,15,16);1H. The van der Waals surface area contributed by atoms with Gasteiger partial charge in [-0.15, -0.1) is 24.0 Å². The number of benzene rings is 2. The Kier molecular flexibility index (Phi) is 7.22. The molecule has 3 nitrogen and oxygen atoms in total. The minimum absolute atomic E-state index is 0. The van der Waals surface area contributed by atoms with Gasteiger partial charge in [-0.2, -0.15) is 47.9 Å². The maximum atomic E-state index is 12.2. The van der Waals surface area contributed by atoms with Crippen LogP contribution in [0.4, 0.5) is 39.5 Å². The fraction of sp³-hybridized carbons (Fsp3) is 0.250. The summed E-state index contributed by atoms with van der Waals surface area (Å²) in [4.78, 5) is 0. The molecule has 168 valence electrons. The molecule has 14 heteroatoms. The molecular weight excluding hydrogens is 570 g/mol. The second-order valence-corrected chi connectivity index (χ2v) is 7.19. The minimum atomic E-state index is -7.37. The van der Waals surface area contributed by atoms with Crippen LogP contribution in [0.1, 0.15) is 0 Å². The van der Waals surface area contributed by atoms with E-state index in [0.29, 0.717) is 0 Å². The van der Waals surface area contributed by atoms with E-state index in [4.69, 9.17) is 4.55 Å². The summed E-state index contributed by atoms with van der Waals surface area (Å²) in [6.07, 6.45) is -7.13. The zero-order chi connectivity index (χ0) is 22.5. The van der Waals surface area contributed by atoms with E-state index in [1.807, 2.05) is 0 Å². The smallest absolute Gasteiger partial charge is 0.281 e. The quantitative estimate of drug-likeness (QED) is 0.227. The van der Waals surface area contributed by atoms with Gasteiger partial charge in [-0.1, -0.05) is 48.5 Å². The van der Waals surface area contributed by atoms with E-state index in [9.17, 15) is 47.9 Å². The summed E-state index contributed by atoms with van der Waals surface area (Å²) in [5, 5.41) is -7.00. The van der Waals surface area contributed by atoms with Crippen LogP contribution in [0.5, 0.6) is 0 Å². The molecule has 0 aliphatic heterocycles. The molecule has 0 saturated carbocycles. The number of fused-ring (bicyclic) bond motifs is 4. The molecule has 0 bridgehead atoms. The Morgan fingerprint density at radius 1 is 0.600 bits per heavy atom. The highest BCUT2D eigenvalue weighted by Gasteiger charge is 2.85. The van der Waals surface area contributed by atoms with Crippen molar-refractivity contribution in [2.24, 2.45) is 0 Å². The Labute approximate surface area is 180 Å². The zero-order valence-electron chi connectivity index (χ0n) is 14.1. The fourth-order valence-electron chi connectivity index (χ4n) is 2.37. The lowest BCUT2D eigenvalue weighted by Gasteiger charge is -2.31. The van der Waals surface area contributed by atoms with Crippen LogP contribution in [-0.4, -0.2) is 36.2 Å². The van der Waals surface area contributed by atoms with E-state index < -0.39 is 33.4 Å². The van der Waals surface area contributed by atoms with Crippen molar-refractivity contribution in [2.45, 2.75) is 23.3 Å². The molecule has 1 aliphatic carbocycles. The van der Waals surface area contributed by atoms with Crippen LogP contribution in [0.15, 0.2) is 48.5 Å². The lowest BCUT2D eigenvalue weighted by Crippen LogP contribution is -2.63. The van der Waals surface area contributed by atoms with Gasteiger partial charge < -0.3 is 0 Å². The van der Waals surface area contributed by atoms with Crippen molar-refractivity contribution in [3.05, 3.63) is 48.5 Å². The van der Waals surface area contributed by atoms with Crippen LogP contribution in [0, 0.1) is 0 Å². The summed E-state index contributed by atoms with van der Waals surface area (Å²) < 4.78 is 134. The van der Waals surface area contributed by atoms with Crippen LogP contribution in [0.3, 0.4) is 0 Å². The first-order valence-corrected chi connectivity index (χ1v) is 8.77. The third-order valence-corrected chi connectivity index (χ3v) is 4.78. The van der Waals surface area contributed by atoms with Gasteiger partial charge in [-0.05, 0) is 22.3 Å². The summed E-state index contributed by atoms with van der Waals surface area (Å²) in [6.45, 7) is 0. The second kappa shape index (κ2) is 8.18. The summed E-state index contributed by atoms with van der Waals surface area (Å²) in [5.41, 5.74) is 5.59. The largest absolute Gasteiger partial charge is 0.460 e. The van der Waals surface area contributed by atoms with Crippen LogP contribution in [-0.2, 0) is 10.1 Å². The summed E-state index contributed by atoms with van der Waals surface area (Å²) in [5.74, 6) is -14.7. The molecule has 30 heavy (non-hydrogen) atoms. The van der Waals surface area contributed by atoms with E-state index in [0.717, 1.165) is 0 Å². The topological polar surface area (TPSA) is 54.4 Å². The number of alkyl halides is 9. The Morgan fingerprint density at radius 3 is 1.07 bits per heavy atom. The predicted molar refractivity (Wildman–Crippen MR) is 98.7 cm³/mol. The van der Waals surface area contributed by atoms with Crippen molar-refractivity contribution in [1.82, 2.24) is 0 Å². The van der Waals surface area contributed by atoms with Gasteiger partial charge in [0.05, 0.1) is 0 Å². The Bertz CT molecular complexity index is 921. The molecule has 0 amide bonds. The predicted octanol–water partition coefficient (Wildman–Crippen LogP) is 6.25. The molecule has 0 spiro atoms. The summed E-state index contributed by atoms with van der Waals surface area (Å²) in [7, 11) is -7.17. The molecule has 1 aliphatic rings. The fourth-order valence-corrected chi connectivity index (χ4v) is 2.82. The number of hydrogen-bond donors (Lipinski definition) is 1. The molecule has 1 N–H and O–H groups in total. The monoisotopic (exact) mass is 580 g/mol. The van der Waals surface area contributed by atoms with Gasteiger partial charge in [0.2, 0.25) is 0 Å². The molecule has 0 fully saturated rings. The van der Waals surface area contributed by atoms with Gasteiger partial charge in [0, 0.05) is 0 Å². The normalized spacial score (nSPS) is 13.7. The first-order chi connectivity index (χ1) is 13.0. The average molecular weight is 580 g/mol. The first kappa shape index (κ1) is 26.5. The minimum Gasteiger partial charge on any atom is -0.281 e. The van der Waals surface area contributed by atoms with Gasteiger partial charge in [-0.25, -0.2) is 0 Å². The molecular formula is C16H10F9IO3S. The van der Waals surface area contributed by atoms with Crippen LogP contribution in [0.2, 0.25) is 0 Å². The van der Waals surface area contributed by atoms with Crippen LogP contribution >= 0.6 is 24.0 Å². The van der Waals surface area contributed by atoms with Crippen LogP contribution < -0.4 is 0 Å². The van der Waals surface area contributed by atoms with Crippen molar-refractivity contribution < 1.29 is 52.5 Å². The number of halogens is 10. The second-order valence-electron chi connectivity index (χ2n) is 5.73. The maximum Gasteiger partial charge on any atom is 0.460 e. The molecule has 2 aromatic rings. The number of rotatable bonds is 3. The van der Waals surface area contributed by atoms with E-state index >= 15 is 0 Å². The molecule has 0 atom stereocenters. The maximum absolute atomic E-state index is 12.2. The molecule has 0 unspecified atom stereocenters. The Balaban J connectivity index is 0.000000301. The first-order valence-electron chi connectivity index (χ1n) is 7.33. The van der Waals surface area contributed by atoms with Gasteiger partial charge in [0.15, 0.2) is 0 Å². The third-order valence-electron chi connectivity index (χ3n) is 3.87. The third kappa shape index (κ3) is 4.12. The highest BCUT2D eigenvalue weighted by molar-refractivity contribution is 14.0.